The molecule has 202 valence electrons. The normalized spacial score (nSPS) is 42.0. The SMILES string of the molecule is C[C@@H](CCC(=O)Nc1nc2ccccc2[nH]1)[C@@H]1CC[C@@H]2[C@H]3[C@H](O)C[C@H]4C[C@@H](O)CC[C@@]4(C)[C@@H]3CC[C@]21C. The highest BCUT2D eigenvalue weighted by Gasteiger charge is 2.62. The van der Waals surface area contributed by atoms with Crippen molar-refractivity contribution >= 4 is 22.9 Å². The van der Waals surface area contributed by atoms with Crippen LogP contribution in [0.5, 0.6) is 0 Å². The van der Waals surface area contributed by atoms with Crippen LogP contribution in [-0.2, 0) is 4.79 Å². The Balaban J connectivity index is 1.10. The van der Waals surface area contributed by atoms with Crippen molar-refractivity contribution in [2.45, 2.75) is 97.2 Å². The molecule has 0 bridgehead atoms. The minimum Gasteiger partial charge on any atom is -0.393 e. The third-order valence-corrected chi connectivity index (χ3v) is 11.9. The maximum atomic E-state index is 12.8. The van der Waals surface area contributed by atoms with Crippen molar-refractivity contribution < 1.29 is 15.0 Å². The lowest BCUT2D eigenvalue weighted by atomic mass is 9.43. The fourth-order valence-electron chi connectivity index (χ4n) is 9.94. The van der Waals surface area contributed by atoms with Crippen LogP contribution in [0.2, 0.25) is 0 Å². The zero-order valence-electron chi connectivity index (χ0n) is 22.7. The van der Waals surface area contributed by atoms with E-state index in [1.165, 1.54) is 25.7 Å². The van der Waals surface area contributed by atoms with Gasteiger partial charge in [-0.25, -0.2) is 4.98 Å². The number of benzene rings is 1. The van der Waals surface area contributed by atoms with E-state index in [0.717, 1.165) is 43.1 Å². The van der Waals surface area contributed by atoms with Crippen LogP contribution in [0.25, 0.3) is 11.0 Å². The highest BCUT2D eigenvalue weighted by Crippen LogP contribution is 2.68. The number of para-hydroxylation sites is 2. The van der Waals surface area contributed by atoms with E-state index in [1.807, 2.05) is 24.3 Å². The second-order valence-corrected chi connectivity index (χ2v) is 13.6. The standard InChI is InChI=1S/C31H45N3O3/c1-18(8-11-27(37)34-29-32-24-6-4-5-7-25(24)33-29)21-9-10-22-28-23(13-15-31(21,22)3)30(2)14-12-20(35)16-19(30)17-26(28)36/h4-7,18-23,26,28,35-36H,8-17H2,1-3H3,(H2,32,33,34,37)/t18-,19+,20-,21-,22+,23+,26+,28+,30+,31-/m0/s1. The predicted octanol–water partition coefficient (Wildman–Crippen LogP) is 5.91. The second-order valence-electron chi connectivity index (χ2n) is 13.6. The van der Waals surface area contributed by atoms with Gasteiger partial charge in [-0.15, -0.1) is 0 Å². The predicted molar refractivity (Wildman–Crippen MR) is 146 cm³/mol. The number of nitrogens with one attached hydrogen (secondary N) is 2. The van der Waals surface area contributed by atoms with Crippen molar-refractivity contribution in [1.82, 2.24) is 9.97 Å². The van der Waals surface area contributed by atoms with E-state index in [-0.39, 0.29) is 28.9 Å². The molecule has 1 aromatic heterocycles. The summed E-state index contributed by atoms with van der Waals surface area (Å²) >= 11 is 0. The molecule has 0 radical (unpaired) electrons. The van der Waals surface area contributed by atoms with Gasteiger partial charge in [-0.1, -0.05) is 32.9 Å². The van der Waals surface area contributed by atoms with Crippen LogP contribution in [0.4, 0.5) is 5.95 Å². The fourth-order valence-corrected chi connectivity index (χ4v) is 9.94. The molecule has 6 nitrogen and oxygen atoms in total. The van der Waals surface area contributed by atoms with Gasteiger partial charge in [-0.3, -0.25) is 10.1 Å². The first-order chi connectivity index (χ1) is 17.7. The van der Waals surface area contributed by atoms with E-state index < -0.39 is 0 Å². The van der Waals surface area contributed by atoms with Gasteiger partial charge in [0.15, 0.2) is 0 Å². The Morgan fingerprint density at radius 2 is 1.84 bits per heavy atom. The lowest BCUT2D eigenvalue weighted by Crippen LogP contribution is -2.58. The van der Waals surface area contributed by atoms with Crippen LogP contribution in [-0.4, -0.2) is 38.3 Å². The molecule has 1 aromatic carbocycles. The number of H-pyrrole nitrogens is 1. The monoisotopic (exact) mass is 507 g/mol. The largest absolute Gasteiger partial charge is 0.393 e. The fraction of sp³-hybridized carbons (Fsp3) is 0.742. The molecular formula is C31H45N3O3. The van der Waals surface area contributed by atoms with Crippen molar-refractivity contribution in [1.29, 1.82) is 0 Å². The zero-order valence-corrected chi connectivity index (χ0v) is 22.7. The van der Waals surface area contributed by atoms with Gasteiger partial charge in [0.05, 0.1) is 23.2 Å². The van der Waals surface area contributed by atoms with Crippen LogP contribution >= 0.6 is 0 Å². The zero-order chi connectivity index (χ0) is 25.9. The number of hydrogen-bond acceptors (Lipinski definition) is 4. The second kappa shape index (κ2) is 9.37. The number of amides is 1. The number of carbonyl (C=O) groups is 1. The lowest BCUT2D eigenvalue weighted by Gasteiger charge is -2.62. The quantitative estimate of drug-likeness (QED) is 0.404. The van der Waals surface area contributed by atoms with Gasteiger partial charge in [-0.05, 0) is 116 Å². The van der Waals surface area contributed by atoms with Crippen LogP contribution in [0.1, 0.15) is 85.0 Å². The van der Waals surface area contributed by atoms with Gasteiger partial charge in [0.25, 0.3) is 0 Å². The van der Waals surface area contributed by atoms with Gasteiger partial charge in [0, 0.05) is 6.42 Å². The van der Waals surface area contributed by atoms with Gasteiger partial charge >= 0.3 is 0 Å². The molecule has 2 aromatic rings. The summed E-state index contributed by atoms with van der Waals surface area (Å²) in [4.78, 5) is 20.4. The Bertz CT molecular complexity index is 1110. The average Bonchev–Trinajstić information content (AvgIpc) is 3.43. The maximum Gasteiger partial charge on any atom is 0.226 e. The molecule has 0 saturated heterocycles. The van der Waals surface area contributed by atoms with Gasteiger partial charge < -0.3 is 15.2 Å². The number of imidazole rings is 1. The van der Waals surface area contributed by atoms with E-state index >= 15 is 0 Å². The Morgan fingerprint density at radius 3 is 2.65 bits per heavy atom. The number of hydrogen-bond donors (Lipinski definition) is 4. The molecule has 6 heteroatoms. The molecule has 4 fully saturated rings. The number of aromatic amines is 1. The molecule has 37 heavy (non-hydrogen) atoms. The molecule has 1 heterocycles. The van der Waals surface area contributed by atoms with Crippen molar-refractivity contribution in [3.8, 4) is 0 Å². The Labute approximate surface area is 221 Å². The highest BCUT2D eigenvalue weighted by molar-refractivity contribution is 5.91. The number of carbonyl (C=O) groups excluding carboxylic acids is 1. The van der Waals surface area contributed by atoms with E-state index in [1.54, 1.807) is 0 Å². The topological polar surface area (TPSA) is 98.2 Å². The maximum absolute atomic E-state index is 12.8. The molecule has 6 rings (SSSR count). The van der Waals surface area contributed by atoms with Gasteiger partial charge in [-0.2, -0.15) is 0 Å². The highest BCUT2D eigenvalue weighted by atomic mass is 16.3. The minimum atomic E-state index is -0.235. The van der Waals surface area contributed by atoms with E-state index in [0.29, 0.717) is 47.9 Å². The number of nitrogens with zero attached hydrogens (tertiary/aromatic N) is 1. The summed E-state index contributed by atoms with van der Waals surface area (Å²) < 4.78 is 0. The molecular weight excluding hydrogens is 462 g/mol. The molecule has 10 atom stereocenters. The summed E-state index contributed by atoms with van der Waals surface area (Å²) in [6.45, 7) is 7.32. The van der Waals surface area contributed by atoms with Gasteiger partial charge in [0.2, 0.25) is 11.9 Å². The first-order valence-electron chi connectivity index (χ1n) is 14.8. The Kier molecular flexibility index (Phi) is 6.42. The lowest BCUT2D eigenvalue weighted by molar-refractivity contribution is -0.174. The molecule has 4 saturated carbocycles. The molecule has 0 spiro atoms. The minimum absolute atomic E-state index is 0.0236. The van der Waals surface area contributed by atoms with Crippen molar-refractivity contribution in [2.24, 2.45) is 46.3 Å². The number of fused-ring (bicyclic) bond motifs is 6. The average molecular weight is 508 g/mol. The van der Waals surface area contributed by atoms with Crippen LogP contribution in [0.3, 0.4) is 0 Å². The summed E-state index contributed by atoms with van der Waals surface area (Å²) in [5, 5.41) is 24.7. The van der Waals surface area contributed by atoms with Crippen LogP contribution in [0.15, 0.2) is 24.3 Å². The third-order valence-electron chi connectivity index (χ3n) is 11.9. The molecule has 0 aliphatic heterocycles. The first kappa shape index (κ1) is 25.4. The Hall–Kier alpha value is -1.92. The number of anilines is 1. The summed E-state index contributed by atoms with van der Waals surface area (Å²) in [6, 6.07) is 7.81. The summed E-state index contributed by atoms with van der Waals surface area (Å²) in [5.74, 6) is 3.62. The molecule has 4 aliphatic carbocycles. The number of aliphatic hydroxyl groups is 2. The van der Waals surface area contributed by atoms with Crippen molar-refractivity contribution in [3.05, 3.63) is 24.3 Å². The van der Waals surface area contributed by atoms with E-state index in [4.69, 9.17) is 0 Å². The van der Waals surface area contributed by atoms with E-state index in [2.05, 4.69) is 36.1 Å². The van der Waals surface area contributed by atoms with Gasteiger partial charge in [0.1, 0.15) is 0 Å². The van der Waals surface area contributed by atoms with Crippen molar-refractivity contribution in [2.75, 3.05) is 5.32 Å². The van der Waals surface area contributed by atoms with Crippen molar-refractivity contribution in [3.63, 3.8) is 0 Å². The first-order valence-corrected chi connectivity index (χ1v) is 14.8. The molecule has 4 N–H and O–H groups in total. The summed E-state index contributed by atoms with van der Waals surface area (Å²) in [5.41, 5.74) is 2.30. The summed E-state index contributed by atoms with van der Waals surface area (Å²) in [7, 11) is 0. The summed E-state index contributed by atoms with van der Waals surface area (Å²) in [6.07, 6.45) is 9.58. The molecule has 4 aliphatic rings. The third kappa shape index (κ3) is 4.23. The Morgan fingerprint density at radius 1 is 1.08 bits per heavy atom. The molecule has 0 unspecified atom stereocenters. The van der Waals surface area contributed by atoms with Crippen LogP contribution < -0.4 is 5.32 Å². The number of aromatic nitrogens is 2. The number of rotatable bonds is 5. The smallest absolute Gasteiger partial charge is 0.226 e. The van der Waals surface area contributed by atoms with E-state index in [9.17, 15) is 15.0 Å². The number of aliphatic hydroxyl groups excluding tert-OH is 2. The van der Waals surface area contributed by atoms with Crippen LogP contribution in [0, 0.1) is 46.3 Å². The molecule has 1 amide bonds.